The SMILES string of the molecule is C[C@H](CP=O)C1CCC2/C(=C/C=C3/C[C@@H](O)C[C@H](O[Si](C)(C)C(C)(C)C)C3)CCC[C@@]21C. The Labute approximate surface area is 199 Å². The molecule has 0 heterocycles. The van der Waals surface area contributed by atoms with Crippen molar-refractivity contribution >= 4 is 16.8 Å². The Morgan fingerprint density at radius 2 is 1.97 bits per heavy atom. The van der Waals surface area contributed by atoms with Crippen LogP contribution in [0.4, 0.5) is 0 Å². The van der Waals surface area contributed by atoms with Gasteiger partial charge in [0.15, 0.2) is 16.8 Å². The van der Waals surface area contributed by atoms with Gasteiger partial charge in [-0.25, -0.2) is 0 Å². The van der Waals surface area contributed by atoms with Gasteiger partial charge >= 0.3 is 0 Å². The van der Waals surface area contributed by atoms with Crippen LogP contribution in [-0.2, 0) is 8.99 Å². The van der Waals surface area contributed by atoms with Gasteiger partial charge in [-0.05, 0) is 92.7 Å². The van der Waals surface area contributed by atoms with Crippen LogP contribution in [0, 0.1) is 23.2 Å². The van der Waals surface area contributed by atoms with E-state index >= 15 is 0 Å². The third-order valence-electron chi connectivity index (χ3n) is 9.41. The molecule has 0 aromatic rings. The van der Waals surface area contributed by atoms with Crippen molar-refractivity contribution in [3.63, 3.8) is 0 Å². The first-order valence-electron chi connectivity index (χ1n) is 12.9. The molecule has 3 aliphatic carbocycles. The predicted molar refractivity (Wildman–Crippen MR) is 138 cm³/mol. The van der Waals surface area contributed by atoms with Crippen molar-refractivity contribution in [2.45, 2.75) is 116 Å². The number of fused-ring (bicyclic) bond motifs is 1. The molecule has 0 amide bonds. The summed E-state index contributed by atoms with van der Waals surface area (Å²) in [5, 5.41) is 10.8. The van der Waals surface area contributed by atoms with E-state index in [1.165, 1.54) is 37.7 Å². The fourth-order valence-electron chi connectivity index (χ4n) is 6.65. The molecule has 0 radical (unpaired) electrons. The smallest absolute Gasteiger partial charge is 0.192 e. The van der Waals surface area contributed by atoms with Gasteiger partial charge in [0.05, 0.1) is 12.2 Å². The highest BCUT2D eigenvalue weighted by atomic mass is 31.1. The van der Waals surface area contributed by atoms with E-state index in [1.807, 2.05) is 0 Å². The lowest BCUT2D eigenvalue weighted by atomic mass is 9.61. The van der Waals surface area contributed by atoms with E-state index in [2.05, 4.69) is 59.9 Å². The third kappa shape index (κ3) is 5.67. The van der Waals surface area contributed by atoms with Crippen molar-refractivity contribution in [2.24, 2.45) is 23.2 Å². The van der Waals surface area contributed by atoms with Crippen molar-refractivity contribution < 1.29 is 14.1 Å². The van der Waals surface area contributed by atoms with Crippen LogP contribution in [0.3, 0.4) is 0 Å². The molecule has 3 saturated carbocycles. The van der Waals surface area contributed by atoms with Crippen LogP contribution < -0.4 is 0 Å². The maximum Gasteiger partial charge on any atom is 0.192 e. The van der Waals surface area contributed by atoms with Crippen LogP contribution in [0.15, 0.2) is 23.3 Å². The molecule has 0 spiro atoms. The summed E-state index contributed by atoms with van der Waals surface area (Å²) < 4.78 is 17.9. The van der Waals surface area contributed by atoms with Gasteiger partial charge < -0.3 is 9.53 Å². The Morgan fingerprint density at radius 1 is 1.25 bits per heavy atom. The Balaban J connectivity index is 1.74. The molecule has 0 aromatic carbocycles. The lowest BCUT2D eigenvalue weighted by molar-refractivity contribution is 0.0667. The van der Waals surface area contributed by atoms with Crippen LogP contribution in [0.25, 0.3) is 0 Å². The van der Waals surface area contributed by atoms with Gasteiger partial charge in [-0.1, -0.05) is 57.9 Å². The van der Waals surface area contributed by atoms with Crippen LogP contribution in [0.5, 0.6) is 0 Å². The van der Waals surface area contributed by atoms with E-state index in [1.54, 1.807) is 5.57 Å². The molecule has 5 heteroatoms. The van der Waals surface area contributed by atoms with E-state index in [0.29, 0.717) is 31.6 Å². The number of rotatable bonds is 6. The Hall–Kier alpha value is -0.283. The van der Waals surface area contributed by atoms with Crippen LogP contribution in [0.2, 0.25) is 18.1 Å². The molecule has 0 saturated heterocycles. The molecule has 0 aliphatic heterocycles. The molecule has 2 unspecified atom stereocenters. The number of aliphatic hydroxyl groups is 1. The predicted octanol–water partition coefficient (Wildman–Crippen LogP) is 7.92. The monoisotopic (exact) mass is 478 g/mol. The summed E-state index contributed by atoms with van der Waals surface area (Å²) in [4.78, 5) is 0. The summed E-state index contributed by atoms with van der Waals surface area (Å²) in [6.07, 6.45) is 14.2. The van der Waals surface area contributed by atoms with Crippen molar-refractivity contribution in [2.75, 3.05) is 6.16 Å². The van der Waals surface area contributed by atoms with Crippen LogP contribution >= 0.6 is 8.46 Å². The zero-order valence-electron chi connectivity index (χ0n) is 21.6. The van der Waals surface area contributed by atoms with Gasteiger partial charge in [-0.3, -0.25) is 4.57 Å². The maximum absolute atomic E-state index is 11.2. The Kier molecular flexibility index (Phi) is 8.34. The summed E-state index contributed by atoms with van der Waals surface area (Å²) in [5.41, 5.74) is 3.31. The highest BCUT2D eigenvalue weighted by Crippen LogP contribution is 2.59. The quantitative estimate of drug-likeness (QED) is 0.311. The average Bonchev–Trinajstić information content (AvgIpc) is 3.02. The first-order valence-corrected chi connectivity index (χ1v) is 16.8. The van der Waals surface area contributed by atoms with Gasteiger partial charge in [-0.15, -0.1) is 0 Å². The number of hydrogen-bond acceptors (Lipinski definition) is 3. The van der Waals surface area contributed by atoms with Crippen molar-refractivity contribution in [1.82, 2.24) is 0 Å². The molecule has 182 valence electrons. The number of aliphatic hydroxyl groups excluding tert-OH is 1. The summed E-state index contributed by atoms with van der Waals surface area (Å²) in [5.74, 6) is 1.88. The standard InChI is InChI=1S/C27H47O3PSi/c1-19(18-31-29)24-12-13-25-21(9-8-14-27(24,25)5)11-10-20-15-22(28)17-23(16-20)30-32(6,7)26(2,3)4/h10-11,19,22-25,28H,8-9,12-18H2,1-7H3/b20-10-,21-11+/t19-,22-,23-,24?,25?,27-/m1/s1. The molecule has 0 bridgehead atoms. The second-order valence-electron chi connectivity index (χ2n) is 12.7. The molecule has 0 aromatic heterocycles. The molecule has 1 N–H and O–H groups in total. The first-order chi connectivity index (χ1) is 14.9. The zero-order valence-corrected chi connectivity index (χ0v) is 23.5. The van der Waals surface area contributed by atoms with Gasteiger partial charge in [0.25, 0.3) is 0 Å². The fraction of sp³-hybridized carbons (Fsp3) is 0.852. The Morgan fingerprint density at radius 3 is 2.62 bits per heavy atom. The maximum atomic E-state index is 11.2. The van der Waals surface area contributed by atoms with Gasteiger partial charge in [0.2, 0.25) is 0 Å². The molecule has 3 rings (SSSR count). The van der Waals surface area contributed by atoms with E-state index in [4.69, 9.17) is 4.43 Å². The molecule has 3 nitrogen and oxygen atoms in total. The van der Waals surface area contributed by atoms with Crippen LogP contribution in [0.1, 0.15) is 86.0 Å². The Bertz CT molecular complexity index is 738. The average molecular weight is 479 g/mol. The van der Waals surface area contributed by atoms with Crippen LogP contribution in [-0.4, -0.2) is 31.8 Å². The van der Waals surface area contributed by atoms with Gasteiger partial charge in [-0.2, -0.15) is 0 Å². The normalized spacial score (nSPS) is 37.8. The molecule has 3 fully saturated rings. The van der Waals surface area contributed by atoms with Crippen molar-refractivity contribution in [1.29, 1.82) is 0 Å². The highest BCUT2D eigenvalue weighted by Gasteiger charge is 2.50. The summed E-state index contributed by atoms with van der Waals surface area (Å²) >= 11 is 0. The van der Waals surface area contributed by atoms with Gasteiger partial charge in [0.1, 0.15) is 0 Å². The molecular formula is C27H47O3PSi. The largest absolute Gasteiger partial charge is 0.414 e. The van der Waals surface area contributed by atoms with Crippen molar-refractivity contribution in [3.8, 4) is 0 Å². The number of allylic oxidation sites excluding steroid dienone is 3. The first kappa shape index (κ1) is 26.3. The topological polar surface area (TPSA) is 46.5 Å². The highest BCUT2D eigenvalue weighted by molar-refractivity contribution is 7.23. The van der Waals surface area contributed by atoms with Crippen molar-refractivity contribution in [3.05, 3.63) is 23.3 Å². The van der Waals surface area contributed by atoms with E-state index in [-0.39, 0.29) is 17.2 Å². The molecule has 32 heavy (non-hydrogen) atoms. The second-order valence-corrected chi connectivity index (χ2v) is 18.1. The third-order valence-corrected chi connectivity index (χ3v) is 14.7. The minimum Gasteiger partial charge on any atom is -0.414 e. The molecule has 6 atom stereocenters. The lowest BCUT2D eigenvalue weighted by Gasteiger charge is -2.44. The summed E-state index contributed by atoms with van der Waals surface area (Å²) in [6.45, 7) is 16.3. The molecular weight excluding hydrogens is 431 g/mol. The minimum atomic E-state index is -1.84. The summed E-state index contributed by atoms with van der Waals surface area (Å²) in [7, 11) is -1.54. The summed E-state index contributed by atoms with van der Waals surface area (Å²) in [6, 6.07) is 0. The minimum absolute atomic E-state index is 0.142. The van der Waals surface area contributed by atoms with E-state index in [0.717, 1.165) is 25.4 Å². The van der Waals surface area contributed by atoms with E-state index < -0.39 is 8.32 Å². The van der Waals surface area contributed by atoms with Gasteiger partial charge in [0, 0.05) is 6.16 Å². The second kappa shape index (κ2) is 10.1. The zero-order chi connectivity index (χ0) is 23.7. The fourth-order valence-corrected chi connectivity index (χ4v) is 8.51. The molecule has 3 aliphatic rings. The van der Waals surface area contributed by atoms with E-state index in [9.17, 15) is 9.67 Å². The number of hydrogen-bond donors (Lipinski definition) is 1. The lowest BCUT2D eigenvalue weighted by Crippen LogP contribution is -2.45.